The number of esters is 1. The van der Waals surface area contributed by atoms with Gasteiger partial charge in [0.15, 0.2) is 0 Å². The Hall–Kier alpha value is -1.40. The normalized spacial score (nSPS) is 12.5. The van der Waals surface area contributed by atoms with Crippen LogP contribution in [0.4, 0.5) is 0 Å². The summed E-state index contributed by atoms with van der Waals surface area (Å²) in [5.41, 5.74) is 0. The summed E-state index contributed by atoms with van der Waals surface area (Å²) in [5, 5.41) is 23.2. The molecule has 0 aliphatic rings. The fourth-order valence-electron chi connectivity index (χ4n) is 11.4. The van der Waals surface area contributed by atoms with E-state index in [1.807, 2.05) is 6.08 Å². The Morgan fingerprint density at radius 2 is 0.597 bits per heavy atom. The SMILES string of the molecule is CCCCCCCCCCCCCCCCCC/C=C/C(O)C(CO)NC(=O)CCCCCCCCCCCCCCCCCCCCCCCCCCOC(=O)CCCCCCCCCCCCCCCCCCCC. The first-order valence-electron chi connectivity index (χ1n) is 35.5. The Morgan fingerprint density at radius 1 is 0.351 bits per heavy atom. The number of rotatable bonds is 67. The second kappa shape index (κ2) is 67.1. The number of hydrogen-bond acceptors (Lipinski definition) is 5. The van der Waals surface area contributed by atoms with Crippen molar-refractivity contribution in [3.05, 3.63) is 12.2 Å². The predicted octanol–water partition coefficient (Wildman–Crippen LogP) is 22.8. The summed E-state index contributed by atoms with van der Waals surface area (Å²) >= 11 is 0. The van der Waals surface area contributed by atoms with Gasteiger partial charge < -0.3 is 20.3 Å². The summed E-state index contributed by atoms with van der Waals surface area (Å²) in [6.45, 7) is 4.95. The van der Waals surface area contributed by atoms with E-state index < -0.39 is 12.1 Å². The lowest BCUT2D eigenvalue weighted by Crippen LogP contribution is -2.45. The van der Waals surface area contributed by atoms with Crippen molar-refractivity contribution in [3.63, 3.8) is 0 Å². The minimum Gasteiger partial charge on any atom is -0.466 e. The van der Waals surface area contributed by atoms with Crippen molar-refractivity contribution < 1.29 is 24.5 Å². The molecule has 0 aliphatic carbocycles. The van der Waals surface area contributed by atoms with Crippen LogP contribution in [0.25, 0.3) is 0 Å². The molecular formula is C71H139NO5. The van der Waals surface area contributed by atoms with Gasteiger partial charge in [0.05, 0.1) is 25.4 Å². The molecule has 0 saturated heterocycles. The number of carbonyl (C=O) groups excluding carboxylic acids is 2. The number of ether oxygens (including phenoxy) is 1. The molecule has 1 amide bonds. The standard InChI is InChI=1S/C71H139NO5/c1-3-5-7-9-11-13-15-17-19-21-31-35-39-43-47-51-55-59-63-69(74)68(67-73)72-70(75)64-60-56-52-48-44-40-36-32-29-27-25-23-24-26-28-30-34-38-42-46-50-54-58-62-66-77-71(76)65-61-57-53-49-45-41-37-33-22-20-18-16-14-12-10-8-6-4-2/h59,63,68-69,73-74H,3-58,60-62,64-67H2,1-2H3,(H,72,75)/b63-59+. The molecule has 6 heteroatoms. The van der Waals surface area contributed by atoms with E-state index in [4.69, 9.17) is 4.74 Å². The summed E-state index contributed by atoms with van der Waals surface area (Å²) in [4.78, 5) is 24.6. The van der Waals surface area contributed by atoms with Crippen LogP contribution in [0.5, 0.6) is 0 Å². The third-order valence-corrected chi connectivity index (χ3v) is 16.8. The van der Waals surface area contributed by atoms with Gasteiger partial charge in [-0.15, -0.1) is 0 Å². The van der Waals surface area contributed by atoms with Gasteiger partial charge >= 0.3 is 5.97 Å². The molecule has 6 nitrogen and oxygen atoms in total. The molecule has 0 saturated carbocycles. The lowest BCUT2D eigenvalue weighted by atomic mass is 10.0. The molecule has 77 heavy (non-hydrogen) atoms. The van der Waals surface area contributed by atoms with E-state index in [1.54, 1.807) is 6.08 Å². The van der Waals surface area contributed by atoms with Gasteiger partial charge in [0.1, 0.15) is 0 Å². The van der Waals surface area contributed by atoms with Crippen molar-refractivity contribution in [2.75, 3.05) is 13.2 Å². The number of carbonyl (C=O) groups is 2. The average molecular weight is 1090 g/mol. The highest BCUT2D eigenvalue weighted by Gasteiger charge is 2.18. The maximum atomic E-state index is 12.5. The van der Waals surface area contributed by atoms with Gasteiger partial charge in [-0.05, 0) is 32.1 Å². The summed E-state index contributed by atoms with van der Waals surface area (Å²) in [5.74, 6) is -0.0423. The number of nitrogens with one attached hydrogen (secondary N) is 1. The molecule has 0 heterocycles. The molecule has 2 atom stereocenters. The van der Waals surface area contributed by atoms with Gasteiger partial charge in [0, 0.05) is 12.8 Å². The summed E-state index contributed by atoms with van der Waals surface area (Å²) in [6.07, 6.45) is 82.9. The number of amides is 1. The van der Waals surface area contributed by atoms with E-state index in [1.165, 1.54) is 340 Å². The zero-order chi connectivity index (χ0) is 55.7. The first-order chi connectivity index (χ1) is 38.0. The van der Waals surface area contributed by atoms with Gasteiger partial charge in [-0.1, -0.05) is 373 Å². The molecule has 0 spiro atoms. The minimum atomic E-state index is -0.843. The summed E-state index contributed by atoms with van der Waals surface area (Å²) in [6, 6.07) is -0.627. The molecule has 2 unspecified atom stereocenters. The van der Waals surface area contributed by atoms with Crippen LogP contribution >= 0.6 is 0 Å². The Bertz CT molecular complexity index is 1160. The van der Waals surface area contributed by atoms with E-state index in [0.29, 0.717) is 19.4 Å². The fraction of sp³-hybridized carbons (Fsp3) is 0.944. The number of aliphatic hydroxyl groups excluding tert-OH is 2. The van der Waals surface area contributed by atoms with Crippen LogP contribution in [-0.2, 0) is 14.3 Å². The van der Waals surface area contributed by atoms with Crippen LogP contribution in [0.3, 0.4) is 0 Å². The van der Waals surface area contributed by atoms with Crippen LogP contribution in [-0.4, -0.2) is 47.4 Å². The number of unbranched alkanes of at least 4 members (excludes halogenated alkanes) is 56. The van der Waals surface area contributed by atoms with Crippen molar-refractivity contribution in [3.8, 4) is 0 Å². The molecule has 0 aliphatic heterocycles. The van der Waals surface area contributed by atoms with E-state index >= 15 is 0 Å². The molecule has 0 bridgehead atoms. The van der Waals surface area contributed by atoms with Gasteiger partial charge in [0.2, 0.25) is 5.91 Å². The molecule has 3 N–H and O–H groups in total. The smallest absolute Gasteiger partial charge is 0.305 e. The Morgan fingerprint density at radius 3 is 0.883 bits per heavy atom. The van der Waals surface area contributed by atoms with E-state index in [2.05, 4.69) is 19.2 Å². The van der Waals surface area contributed by atoms with Crippen LogP contribution in [0.15, 0.2) is 12.2 Å². The Balaban J connectivity index is 3.36. The Kier molecular flexibility index (Phi) is 65.9. The van der Waals surface area contributed by atoms with Crippen LogP contribution in [0, 0.1) is 0 Å². The van der Waals surface area contributed by atoms with Crippen LogP contribution < -0.4 is 5.32 Å². The third-order valence-electron chi connectivity index (χ3n) is 16.8. The van der Waals surface area contributed by atoms with Crippen molar-refractivity contribution in [1.82, 2.24) is 5.32 Å². The summed E-state index contributed by atoms with van der Waals surface area (Å²) < 4.78 is 5.51. The van der Waals surface area contributed by atoms with Crippen LogP contribution in [0.2, 0.25) is 0 Å². The topological polar surface area (TPSA) is 95.9 Å². The van der Waals surface area contributed by atoms with Crippen LogP contribution in [0.1, 0.15) is 406 Å². The molecule has 458 valence electrons. The third kappa shape index (κ3) is 63.6. The largest absolute Gasteiger partial charge is 0.466 e. The van der Waals surface area contributed by atoms with E-state index in [-0.39, 0.29) is 18.5 Å². The summed E-state index contributed by atoms with van der Waals surface area (Å²) in [7, 11) is 0. The predicted molar refractivity (Wildman–Crippen MR) is 338 cm³/mol. The van der Waals surface area contributed by atoms with Gasteiger partial charge in [-0.25, -0.2) is 0 Å². The molecule has 0 aromatic carbocycles. The minimum absolute atomic E-state index is 0.0205. The lowest BCUT2D eigenvalue weighted by Gasteiger charge is -2.20. The van der Waals surface area contributed by atoms with Crippen molar-refractivity contribution in [2.45, 2.75) is 418 Å². The highest BCUT2D eigenvalue weighted by atomic mass is 16.5. The first kappa shape index (κ1) is 75.6. The number of allylic oxidation sites excluding steroid dienone is 1. The lowest BCUT2D eigenvalue weighted by molar-refractivity contribution is -0.143. The van der Waals surface area contributed by atoms with Gasteiger partial charge in [-0.3, -0.25) is 9.59 Å². The second-order valence-electron chi connectivity index (χ2n) is 24.6. The fourth-order valence-corrected chi connectivity index (χ4v) is 11.4. The molecule has 0 aromatic rings. The second-order valence-corrected chi connectivity index (χ2v) is 24.6. The quantitative estimate of drug-likeness (QED) is 0.0320. The first-order valence-corrected chi connectivity index (χ1v) is 35.5. The molecule has 0 radical (unpaired) electrons. The average Bonchev–Trinajstić information content (AvgIpc) is 3.43. The molecule has 0 fully saturated rings. The van der Waals surface area contributed by atoms with Crippen molar-refractivity contribution >= 4 is 11.9 Å². The number of aliphatic hydroxyl groups is 2. The maximum Gasteiger partial charge on any atom is 0.305 e. The zero-order valence-corrected chi connectivity index (χ0v) is 52.5. The van der Waals surface area contributed by atoms with Gasteiger partial charge in [0.25, 0.3) is 0 Å². The number of hydrogen-bond donors (Lipinski definition) is 3. The Labute approximate surface area is 482 Å². The highest BCUT2D eigenvalue weighted by molar-refractivity contribution is 5.76. The zero-order valence-electron chi connectivity index (χ0n) is 52.5. The monoisotopic (exact) mass is 1090 g/mol. The maximum absolute atomic E-state index is 12.5. The van der Waals surface area contributed by atoms with E-state index in [0.717, 1.165) is 38.5 Å². The van der Waals surface area contributed by atoms with Crippen molar-refractivity contribution in [1.29, 1.82) is 0 Å². The van der Waals surface area contributed by atoms with Crippen molar-refractivity contribution in [2.24, 2.45) is 0 Å². The molecule has 0 aromatic heterocycles. The molecular weight excluding hydrogens is 947 g/mol. The highest BCUT2D eigenvalue weighted by Crippen LogP contribution is 2.19. The van der Waals surface area contributed by atoms with Gasteiger partial charge in [-0.2, -0.15) is 0 Å². The molecule has 0 rings (SSSR count). The van der Waals surface area contributed by atoms with E-state index in [9.17, 15) is 19.8 Å².